The van der Waals surface area contributed by atoms with E-state index in [0.717, 1.165) is 0 Å². The van der Waals surface area contributed by atoms with Crippen LogP contribution in [0.15, 0.2) is 22.7 Å². The Labute approximate surface area is 111 Å². The summed E-state index contributed by atoms with van der Waals surface area (Å²) in [6.07, 6.45) is 2.04. The minimum Gasteiger partial charge on any atom is -0.507 e. The second kappa shape index (κ2) is 5.61. The van der Waals surface area contributed by atoms with Gasteiger partial charge in [0.2, 0.25) is 0 Å². The maximum Gasteiger partial charge on any atom is 0.352 e. The fourth-order valence-corrected chi connectivity index (χ4v) is 3.24. The molecule has 1 aliphatic heterocycles. The molecule has 2 atom stereocenters. The molecule has 1 rings (SSSR count). The van der Waals surface area contributed by atoms with Crippen LogP contribution in [0, 0.1) is 5.41 Å². The first kappa shape index (κ1) is 14.8. The number of thiol groups is 1. The Hall–Kier alpha value is -1.23. The number of esters is 1. The number of allylic oxidation sites excluding steroid dienone is 1. The van der Waals surface area contributed by atoms with Crippen molar-refractivity contribution in [1.82, 2.24) is 0 Å². The fourth-order valence-electron chi connectivity index (χ4n) is 1.50. The lowest BCUT2D eigenvalue weighted by atomic mass is 10.1. The van der Waals surface area contributed by atoms with Crippen molar-refractivity contribution in [3.63, 3.8) is 0 Å². The maximum atomic E-state index is 11.7. The predicted octanol–water partition coefficient (Wildman–Crippen LogP) is 3.05. The first-order chi connectivity index (χ1) is 8.19. The van der Waals surface area contributed by atoms with E-state index in [4.69, 9.17) is 10.1 Å². The summed E-state index contributed by atoms with van der Waals surface area (Å²) < 4.78 is 5.15. The monoisotopic (exact) mass is 271 g/mol. The quantitative estimate of drug-likeness (QED) is 0.418. The Morgan fingerprint density at radius 1 is 1.56 bits per heavy atom. The van der Waals surface area contributed by atoms with Gasteiger partial charge in [-0.3, -0.25) is 5.41 Å². The number of hydrogen-bond acceptors (Lipinski definition) is 4. The zero-order valence-electron chi connectivity index (χ0n) is 11.2. The second-order valence-corrected chi connectivity index (χ2v) is 7.68. The van der Waals surface area contributed by atoms with E-state index in [1.807, 2.05) is 12.3 Å². The van der Waals surface area contributed by atoms with Crippen molar-refractivity contribution in [2.75, 3.05) is 0 Å². The number of hydrogen-bond donors (Lipinski definition) is 3. The SMILES string of the molecule is C[C@@H](CC(=N)C(=O)OC(C)(C)C)[SH]1C=CC(O)=C1. The van der Waals surface area contributed by atoms with Crippen LogP contribution in [-0.2, 0) is 9.53 Å². The second-order valence-electron chi connectivity index (χ2n) is 5.35. The van der Waals surface area contributed by atoms with E-state index in [0.29, 0.717) is 6.42 Å². The third-order valence-corrected chi connectivity index (χ3v) is 4.61. The minimum atomic E-state index is -0.577. The van der Waals surface area contributed by atoms with Gasteiger partial charge in [0.1, 0.15) is 17.1 Å². The third-order valence-electron chi connectivity index (χ3n) is 2.35. The van der Waals surface area contributed by atoms with Gasteiger partial charge in [-0.1, -0.05) is 6.92 Å². The Balaban J connectivity index is 2.50. The number of rotatable bonds is 4. The van der Waals surface area contributed by atoms with Crippen LogP contribution in [0.25, 0.3) is 0 Å². The molecule has 0 aliphatic carbocycles. The Kier molecular flexibility index (Phi) is 4.62. The van der Waals surface area contributed by atoms with E-state index in [9.17, 15) is 9.90 Å². The lowest BCUT2D eigenvalue weighted by Gasteiger charge is -2.22. The number of aliphatic hydroxyl groups excluding tert-OH is 1. The van der Waals surface area contributed by atoms with Gasteiger partial charge in [-0.05, 0) is 42.9 Å². The highest BCUT2D eigenvalue weighted by Crippen LogP contribution is 2.41. The van der Waals surface area contributed by atoms with E-state index >= 15 is 0 Å². The van der Waals surface area contributed by atoms with E-state index in [2.05, 4.69) is 0 Å². The van der Waals surface area contributed by atoms with Gasteiger partial charge in [0, 0.05) is 6.42 Å². The average molecular weight is 271 g/mol. The van der Waals surface area contributed by atoms with Crippen LogP contribution >= 0.6 is 10.9 Å². The van der Waals surface area contributed by atoms with Gasteiger partial charge >= 0.3 is 5.97 Å². The fraction of sp³-hybridized carbons (Fsp3) is 0.538. The van der Waals surface area contributed by atoms with Gasteiger partial charge in [0.15, 0.2) is 0 Å². The van der Waals surface area contributed by atoms with Gasteiger partial charge in [-0.25, -0.2) is 15.7 Å². The van der Waals surface area contributed by atoms with E-state index in [1.54, 1.807) is 32.3 Å². The van der Waals surface area contributed by atoms with Crippen LogP contribution < -0.4 is 0 Å². The van der Waals surface area contributed by atoms with Crippen LogP contribution in [0.4, 0.5) is 0 Å². The van der Waals surface area contributed by atoms with Crippen LogP contribution in [-0.4, -0.2) is 27.6 Å². The summed E-state index contributed by atoms with van der Waals surface area (Å²) >= 11 is 0. The first-order valence-electron chi connectivity index (χ1n) is 5.86. The number of ether oxygens (including phenoxy) is 1. The summed E-state index contributed by atoms with van der Waals surface area (Å²) in [5.41, 5.74) is -0.572. The first-order valence-corrected chi connectivity index (χ1v) is 7.41. The van der Waals surface area contributed by atoms with Crippen molar-refractivity contribution in [1.29, 1.82) is 5.41 Å². The molecule has 0 amide bonds. The van der Waals surface area contributed by atoms with Crippen molar-refractivity contribution in [3.8, 4) is 0 Å². The highest BCUT2D eigenvalue weighted by molar-refractivity contribution is 8.22. The zero-order chi connectivity index (χ0) is 13.9. The summed E-state index contributed by atoms with van der Waals surface area (Å²) in [6, 6.07) is 0. The van der Waals surface area contributed by atoms with E-state index in [-0.39, 0.29) is 16.7 Å². The lowest BCUT2D eigenvalue weighted by molar-refractivity contribution is -0.146. The van der Waals surface area contributed by atoms with Gasteiger partial charge in [-0.2, -0.15) is 0 Å². The predicted molar refractivity (Wildman–Crippen MR) is 76.5 cm³/mol. The molecule has 0 bridgehead atoms. The highest BCUT2D eigenvalue weighted by Gasteiger charge is 2.23. The smallest absolute Gasteiger partial charge is 0.352 e. The normalized spacial score (nSPS) is 22.4. The summed E-state index contributed by atoms with van der Waals surface area (Å²) in [4.78, 5) is 11.7. The Morgan fingerprint density at radius 3 is 2.61 bits per heavy atom. The van der Waals surface area contributed by atoms with E-state index in [1.165, 1.54) is 0 Å². The summed E-state index contributed by atoms with van der Waals surface area (Å²) in [7, 11) is -0.577. The molecule has 4 nitrogen and oxygen atoms in total. The number of carbonyl (C=O) groups excluding carboxylic acids is 1. The van der Waals surface area contributed by atoms with Crippen LogP contribution in [0.3, 0.4) is 0 Å². The molecule has 102 valence electrons. The molecule has 0 saturated heterocycles. The molecule has 18 heavy (non-hydrogen) atoms. The van der Waals surface area contributed by atoms with Crippen LogP contribution in [0.2, 0.25) is 0 Å². The molecule has 1 aliphatic rings. The summed E-state index contributed by atoms with van der Waals surface area (Å²) in [6.45, 7) is 7.33. The molecule has 0 saturated carbocycles. The molecule has 1 heterocycles. The molecule has 1 unspecified atom stereocenters. The average Bonchev–Trinajstić information content (AvgIpc) is 2.62. The molecule has 0 aromatic heterocycles. The van der Waals surface area contributed by atoms with Crippen molar-refractivity contribution in [3.05, 3.63) is 22.7 Å². The molecule has 0 aromatic rings. The minimum absolute atomic E-state index is 0.00638. The van der Waals surface area contributed by atoms with Gasteiger partial charge in [0.05, 0.1) is 0 Å². The molecule has 2 N–H and O–H groups in total. The molecule has 0 spiro atoms. The molecule has 0 fully saturated rings. The number of nitrogens with one attached hydrogen (secondary N) is 1. The van der Waals surface area contributed by atoms with Crippen LogP contribution in [0.5, 0.6) is 0 Å². The van der Waals surface area contributed by atoms with Gasteiger partial charge in [0.25, 0.3) is 0 Å². The van der Waals surface area contributed by atoms with E-state index < -0.39 is 22.5 Å². The molecule has 0 radical (unpaired) electrons. The largest absolute Gasteiger partial charge is 0.507 e. The standard InChI is InChI=1S/C13H21NO3S/c1-9(18-6-5-10(15)8-18)7-11(14)12(16)17-13(2,3)4/h5-6,8-9,14-15,18H,7H2,1-4H3/t9-/m0/s1. The Morgan fingerprint density at radius 2 is 2.17 bits per heavy atom. The topological polar surface area (TPSA) is 70.4 Å². The van der Waals surface area contributed by atoms with Crippen LogP contribution in [0.1, 0.15) is 34.1 Å². The molecular weight excluding hydrogens is 250 g/mol. The molecular formula is C13H21NO3S. The van der Waals surface area contributed by atoms with Crippen molar-refractivity contribution in [2.24, 2.45) is 0 Å². The number of aliphatic hydroxyl groups is 1. The highest BCUT2D eigenvalue weighted by atomic mass is 32.2. The Bertz CT molecular complexity index is 407. The molecule has 5 heteroatoms. The number of carbonyl (C=O) groups is 1. The summed E-state index contributed by atoms with van der Waals surface area (Å²) in [5, 5.41) is 20.9. The van der Waals surface area contributed by atoms with Gasteiger partial charge in [-0.15, -0.1) is 0 Å². The van der Waals surface area contributed by atoms with Crippen molar-refractivity contribution < 1.29 is 14.6 Å². The van der Waals surface area contributed by atoms with Crippen molar-refractivity contribution in [2.45, 2.75) is 45.0 Å². The maximum absolute atomic E-state index is 11.7. The summed E-state index contributed by atoms with van der Waals surface area (Å²) in [5.74, 6) is -0.280. The third kappa shape index (κ3) is 4.56. The zero-order valence-corrected chi connectivity index (χ0v) is 12.1. The van der Waals surface area contributed by atoms with Crippen molar-refractivity contribution >= 4 is 22.6 Å². The lowest BCUT2D eigenvalue weighted by Crippen LogP contribution is -2.29. The van der Waals surface area contributed by atoms with Gasteiger partial charge < -0.3 is 9.84 Å². The molecule has 0 aromatic carbocycles.